The third kappa shape index (κ3) is 6.16. The maximum atomic E-state index is 12.4. The fraction of sp³-hybridized carbons (Fsp3) is 0.762. The Bertz CT molecular complexity index is 394. The topological polar surface area (TPSA) is 26.3 Å². The van der Waals surface area contributed by atoms with Crippen LogP contribution in [-0.4, -0.2) is 12.1 Å². The summed E-state index contributed by atoms with van der Waals surface area (Å²) in [7, 11) is 0. The summed E-state index contributed by atoms with van der Waals surface area (Å²) in [5.74, 6) is 1.82. The van der Waals surface area contributed by atoms with Gasteiger partial charge in [-0.1, -0.05) is 24.3 Å². The average Bonchev–Trinajstić information content (AvgIpc) is 2.59. The van der Waals surface area contributed by atoms with Crippen LogP contribution in [0.1, 0.15) is 78.1 Å². The van der Waals surface area contributed by atoms with E-state index < -0.39 is 0 Å². The molecular weight excluding hydrogens is 284 g/mol. The number of hydrogen-bond donors (Lipinski definition) is 0. The van der Waals surface area contributed by atoms with Crippen LogP contribution in [0.4, 0.5) is 0 Å². The van der Waals surface area contributed by atoms with Gasteiger partial charge in [-0.15, -0.1) is 0 Å². The van der Waals surface area contributed by atoms with Crippen molar-refractivity contribution in [1.82, 2.24) is 0 Å². The molecular formula is C21H34O2. The molecule has 0 heterocycles. The van der Waals surface area contributed by atoms with E-state index in [-0.39, 0.29) is 18.0 Å². The fourth-order valence-electron chi connectivity index (χ4n) is 4.04. The molecule has 0 unspecified atom stereocenters. The summed E-state index contributed by atoms with van der Waals surface area (Å²) in [6.07, 6.45) is 20.3. The van der Waals surface area contributed by atoms with Crippen molar-refractivity contribution in [1.29, 1.82) is 0 Å². The zero-order chi connectivity index (χ0) is 16.5. The van der Waals surface area contributed by atoms with Crippen LogP contribution in [-0.2, 0) is 9.53 Å². The second kappa shape index (κ2) is 9.95. The van der Waals surface area contributed by atoms with Gasteiger partial charge < -0.3 is 4.74 Å². The number of allylic oxidation sites excluding steroid dienone is 4. The Morgan fingerprint density at radius 2 is 1.30 bits per heavy atom. The predicted octanol–water partition coefficient (Wildman–Crippen LogP) is 5.83. The van der Waals surface area contributed by atoms with Crippen LogP contribution in [0.5, 0.6) is 0 Å². The van der Waals surface area contributed by atoms with Crippen molar-refractivity contribution >= 4 is 5.97 Å². The van der Waals surface area contributed by atoms with Gasteiger partial charge in [0.1, 0.15) is 6.10 Å². The second-order valence-electron chi connectivity index (χ2n) is 7.41. The normalized spacial score (nSPS) is 32.4. The van der Waals surface area contributed by atoms with Gasteiger partial charge in [-0.3, -0.25) is 4.79 Å². The smallest absolute Gasteiger partial charge is 0.309 e. The van der Waals surface area contributed by atoms with Crippen LogP contribution in [0, 0.1) is 17.8 Å². The highest BCUT2D eigenvalue weighted by molar-refractivity contribution is 5.72. The number of carbonyl (C=O) groups excluding carboxylic acids is 1. The maximum Gasteiger partial charge on any atom is 0.309 e. The van der Waals surface area contributed by atoms with Crippen molar-refractivity contribution in [3.8, 4) is 0 Å². The minimum Gasteiger partial charge on any atom is -0.462 e. The molecule has 2 aliphatic carbocycles. The highest BCUT2D eigenvalue weighted by atomic mass is 16.5. The summed E-state index contributed by atoms with van der Waals surface area (Å²) in [5.41, 5.74) is 0. The molecule has 2 saturated carbocycles. The van der Waals surface area contributed by atoms with Gasteiger partial charge in [0.15, 0.2) is 0 Å². The molecule has 0 atom stereocenters. The van der Waals surface area contributed by atoms with Gasteiger partial charge in [0.25, 0.3) is 0 Å². The zero-order valence-electron chi connectivity index (χ0n) is 15.0. The third-order valence-corrected chi connectivity index (χ3v) is 5.67. The van der Waals surface area contributed by atoms with Crippen molar-refractivity contribution in [2.24, 2.45) is 17.8 Å². The van der Waals surface area contributed by atoms with Gasteiger partial charge >= 0.3 is 5.97 Å². The Balaban J connectivity index is 1.66. The van der Waals surface area contributed by atoms with Crippen LogP contribution in [0.25, 0.3) is 0 Å². The summed E-state index contributed by atoms with van der Waals surface area (Å²) in [4.78, 5) is 12.4. The summed E-state index contributed by atoms with van der Waals surface area (Å²) in [6, 6.07) is 0. The first-order chi connectivity index (χ1) is 11.2. The Morgan fingerprint density at radius 1 is 0.826 bits per heavy atom. The molecule has 0 aromatic rings. The second-order valence-corrected chi connectivity index (χ2v) is 7.41. The first kappa shape index (κ1) is 18.3. The fourth-order valence-corrected chi connectivity index (χ4v) is 4.04. The van der Waals surface area contributed by atoms with E-state index >= 15 is 0 Å². The van der Waals surface area contributed by atoms with E-state index in [4.69, 9.17) is 4.74 Å². The molecule has 0 radical (unpaired) electrons. The van der Waals surface area contributed by atoms with Crippen LogP contribution < -0.4 is 0 Å². The van der Waals surface area contributed by atoms with Gasteiger partial charge in [-0.05, 0) is 89.9 Å². The molecule has 0 spiro atoms. The molecule has 0 aromatic carbocycles. The minimum absolute atomic E-state index is 0.0892. The lowest BCUT2D eigenvalue weighted by molar-refractivity contribution is -0.157. The number of hydrogen-bond acceptors (Lipinski definition) is 2. The summed E-state index contributed by atoms with van der Waals surface area (Å²) >= 11 is 0. The van der Waals surface area contributed by atoms with Crippen molar-refractivity contribution in [3.63, 3.8) is 0 Å². The first-order valence-electron chi connectivity index (χ1n) is 9.65. The summed E-state index contributed by atoms with van der Waals surface area (Å²) < 4.78 is 5.83. The van der Waals surface area contributed by atoms with E-state index in [1.54, 1.807) is 0 Å². The molecule has 0 saturated heterocycles. The molecule has 0 amide bonds. The standard InChI is InChI=1S/C21H34O2/c1-3-5-7-17-9-13-19(14-10-17)21(22)23-20-15-11-18(12-16-20)8-6-4-2/h3-6,17-20H,7-16H2,1-2H3. The van der Waals surface area contributed by atoms with E-state index in [0.717, 1.165) is 37.5 Å². The Hall–Kier alpha value is -1.05. The van der Waals surface area contributed by atoms with Crippen molar-refractivity contribution in [2.75, 3.05) is 0 Å². The minimum atomic E-state index is 0.0892. The lowest BCUT2D eigenvalue weighted by Gasteiger charge is -2.31. The molecule has 2 aliphatic rings. The molecule has 0 N–H and O–H groups in total. The van der Waals surface area contributed by atoms with Gasteiger partial charge in [-0.25, -0.2) is 0 Å². The van der Waals surface area contributed by atoms with Crippen molar-refractivity contribution < 1.29 is 9.53 Å². The van der Waals surface area contributed by atoms with E-state index in [1.165, 1.54) is 38.5 Å². The zero-order valence-corrected chi connectivity index (χ0v) is 15.0. The number of ether oxygens (including phenoxy) is 1. The molecule has 0 aliphatic heterocycles. The Labute approximate surface area is 142 Å². The molecule has 23 heavy (non-hydrogen) atoms. The highest BCUT2D eigenvalue weighted by Gasteiger charge is 2.30. The predicted molar refractivity (Wildman–Crippen MR) is 96.1 cm³/mol. The lowest BCUT2D eigenvalue weighted by atomic mass is 9.80. The molecule has 2 fully saturated rings. The van der Waals surface area contributed by atoms with Crippen LogP contribution in [0.2, 0.25) is 0 Å². The number of esters is 1. The maximum absolute atomic E-state index is 12.4. The van der Waals surface area contributed by atoms with E-state index in [2.05, 4.69) is 38.2 Å². The van der Waals surface area contributed by atoms with E-state index in [1.807, 2.05) is 0 Å². The first-order valence-corrected chi connectivity index (χ1v) is 9.65. The van der Waals surface area contributed by atoms with E-state index in [9.17, 15) is 4.79 Å². The largest absolute Gasteiger partial charge is 0.462 e. The summed E-state index contributed by atoms with van der Waals surface area (Å²) in [6.45, 7) is 4.16. The summed E-state index contributed by atoms with van der Waals surface area (Å²) in [5, 5.41) is 0. The highest BCUT2D eigenvalue weighted by Crippen LogP contribution is 2.34. The Kier molecular flexibility index (Phi) is 7.91. The quantitative estimate of drug-likeness (QED) is 0.455. The number of carbonyl (C=O) groups is 1. The Morgan fingerprint density at radius 3 is 1.78 bits per heavy atom. The lowest BCUT2D eigenvalue weighted by Crippen LogP contribution is -2.30. The molecule has 2 heteroatoms. The number of rotatable bonds is 6. The van der Waals surface area contributed by atoms with Crippen molar-refractivity contribution in [2.45, 2.75) is 84.2 Å². The van der Waals surface area contributed by atoms with Gasteiger partial charge in [0.05, 0.1) is 5.92 Å². The van der Waals surface area contributed by atoms with Gasteiger partial charge in [-0.2, -0.15) is 0 Å². The monoisotopic (exact) mass is 318 g/mol. The van der Waals surface area contributed by atoms with E-state index in [0.29, 0.717) is 0 Å². The third-order valence-electron chi connectivity index (χ3n) is 5.67. The van der Waals surface area contributed by atoms with Gasteiger partial charge in [0.2, 0.25) is 0 Å². The van der Waals surface area contributed by atoms with Gasteiger partial charge in [0, 0.05) is 0 Å². The average molecular weight is 319 g/mol. The molecule has 2 rings (SSSR count). The van der Waals surface area contributed by atoms with Crippen LogP contribution in [0.15, 0.2) is 24.3 Å². The molecule has 2 nitrogen and oxygen atoms in total. The van der Waals surface area contributed by atoms with Crippen molar-refractivity contribution in [3.05, 3.63) is 24.3 Å². The molecule has 0 bridgehead atoms. The SMILES string of the molecule is CC=CCC1CCC(OC(=O)C2CCC(CC=CC)CC2)CC1. The molecule has 130 valence electrons. The molecule has 0 aromatic heterocycles. The van der Waals surface area contributed by atoms with Crippen LogP contribution in [0.3, 0.4) is 0 Å². The van der Waals surface area contributed by atoms with Crippen LogP contribution >= 0.6 is 0 Å².